The van der Waals surface area contributed by atoms with E-state index >= 15 is 0 Å². The molecular weight excluding hydrogens is 737 g/mol. The minimum atomic E-state index is 0.106. The number of nitrogens with zero attached hydrogens (tertiary/aromatic N) is 2. The summed E-state index contributed by atoms with van der Waals surface area (Å²) in [6.07, 6.45) is 3.77. The highest BCUT2D eigenvalue weighted by Crippen LogP contribution is 2.49. The molecule has 300 valence electrons. The first-order chi connectivity index (χ1) is 29.7. The molecule has 0 aliphatic heterocycles. The van der Waals surface area contributed by atoms with Crippen molar-refractivity contribution in [1.82, 2.24) is 4.57 Å². The number of para-hydroxylation sites is 3. The van der Waals surface area contributed by atoms with Crippen LogP contribution in [0.2, 0.25) is 0 Å². The van der Waals surface area contributed by atoms with Gasteiger partial charge in [-0.05, 0) is 147 Å². The van der Waals surface area contributed by atoms with Gasteiger partial charge < -0.3 is 9.47 Å². The monoisotopic (exact) mass is 790 g/mol. The Labute approximate surface area is 361 Å². The lowest BCUT2D eigenvalue weighted by Gasteiger charge is -2.30. The van der Waals surface area contributed by atoms with E-state index in [2.05, 4.69) is 238 Å². The smallest absolute Gasteiger partial charge is 0.0541 e. The maximum Gasteiger partial charge on any atom is 0.0541 e. The normalized spacial score (nSPS) is 13.2. The molecular formula is C59H54N2. The molecule has 1 aliphatic carbocycles. The predicted molar refractivity (Wildman–Crippen MR) is 261 cm³/mol. The number of benzene rings is 8. The molecule has 0 atom stereocenters. The second-order valence-corrected chi connectivity index (χ2v) is 18.3. The van der Waals surface area contributed by atoms with Crippen LogP contribution in [-0.2, 0) is 10.8 Å². The van der Waals surface area contributed by atoms with Crippen LogP contribution in [0.25, 0.3) is 60.9 Å². The number of aromatic nitrogens is 1. The summed E-state index contributed by atoms with van der Waals surface area (Å²) in [5, 5.41) is 2.55. The summed E-state index contributed by atoms with van der Waals surface area (Å²) in [6.45, 7) is 12.0. The van der Waals surface area contributed by atoms with Crippen LogP contribution in [0.1, 0.15) is 65.0 Å². The number of fused-ring (bicyclic) bond motifs is 3. The molecule has 2 heteroatoms. The molecule has 1 saturated carbocycles. The number of anilines is 3. The fourth-order valence-corrected chi connectivity index (χ4v) is 9.34. The maximum absolute atomic E-state index is 2.51. The topological polar surface area (TPSA) is 8.17 Å². The Morgan fingerprint density at radius 3 is 1.57 bits per heavy atom. The molecule has 9 aromatic rings. The van der Waals surface area contributed by atoms with Gasteiger partial charge in [0.05, 0.1) is 11.0 Å². The molecule has 1 aliphatic rings. The molecule has 0 saturated heterocycles. The molecule has 0 amide bonds. The zero-order chi connectivity index (χ0) is 41.7. The summed E-state index contributed by atoms with van der Waals surface area (Å²) >= 11 is 0. The fourth-order valence-electron chi connectivity index (χ4n) is 9.34. The molecule has 61 heavy (non-hydrogen) atoms. The zero-order valence-corrected chi connectivity index (χ0v) is 36.1. The number of rotatable bonds is 11. The van der Waals surface area contributed by atoms with Crippen molar-refractivity contribution in [3.05, 3.63) is 205 Å². The van der Waals surface area contributed by atoms with E-state index < -0.39 is 0 Å². The number of hydrogen-bond donors (Lipinski definition) is 0. The van der Waals surface area contributed by atoms with E-state index in [0.29, 0.717) is 0 Å². The van der Waals surface area contributed by atoms with E-state index in [9.17, 15) is 0 Å². The van der Waals surface area contributed by atoms with E-state index in [1.165, 1.54) is 79.2 Å². The van der Waals surface area contributed by atoms with Crippen LogP contribution < -0.4 is 4.90 Å². The molecule has 0 spiro atoms. The first kappa shape index (κ1) is 38.6. The molecule has 0 unspecified atom stereocenters. The van der Waals surface area contributed by atoms with Crippen LogP contribution in [0, 0.1) is 5.92 Å². The Morgan fingerprint density at radius 2 is 0.951 bits per heavy atom. The average molecular weight is 791 g/mol. The minimum absolute atomic E-state index is 0.106. The van der Waals surface area contributed by atoms with Crippen LogP contribution in [0.5, 0.6) is 0 Å². The van der Waals surface area contributed by atoms with Crippen molar-refractivity contribution in [3.8, 4) is 39.1 Å². The van der Waals surface area contributed by atoms with E-state index in [1.807, 2.05) is 0 Å². The molecule has 0 bridgehead atoms. The van der Waals surface area contributed by atoms with Crippen LogP contribution >= 0.6 is 0 Å². The second-order valence-electron chi connectivity index (χ2n) is 18.3. The highest BCUT2D eigenvalue weighted by atomic mass is 15.1. The number of hydrogen-bond acceptors (Lipinski definition) is 1. The Bertz CT molecular complexity index is 2940. The van der Waals surface area contributed by atoms with Gasteiger partial charge in [0.2, 0.25) is 0 Å². The van der Waals surface area contributed by atoms with Gasteiger partial charge in [0.15, 0.2) is 0 Å². The Kier molecular flexibility index (Phi) is 9.75. The highest BCUT2D eigenvalue weighted by Gasteiger charge is 2.39. The Hall–Kier alpha value is -6.64. The molecule has 1 aromatic heterocycles. The van der Waals surface area contributed by atoms with E-state index in [4.69, 9.17) is 0 Å². The first-order valence-electron chi connectivity index (χ1n) is 22.1. The van der Waals surface area contributed by atoms with Crippen molar-refractivity contribution >= 4 is 38.9 Å². The molecule has 10 rings (SSSR count). The van der Waals surface area contributed by atoms with E-state index in [0.717, 1.165) is 35.1 Å². The van der Waals surface area contributed by atoms with Crippen molar-refractivity contribution in [2.45, 2.75) is 64.7 Å². The predicted octanol–water partition coefficient (Wildman–Crippen LogP) is 16.6. The SMILES string of the molecule is CCC(C)(C)c1cc(-c2cccc(-c3cccc(N(c4ccccc4)c4ccc(-c5ccc(-n6c7ccccc7c7ccccc76)cc5)cc4)c3)c2)cc(C(C)(C)C2CC2)c1. The summed E-state index contributed by atoms with van der Waals surface area (Å²) in [5.41, 5.74) is 17.5. The quantitative estimate of drug-likeness (QED) is 0.127. The van der Waals surface area contributed by atoms with Crippen LogP contribution in [0.4, 0.5) is 17.1 Å². The van der Waals surface area contributed by atoms with Gasteiger partial charge in [0.25, 0.3) is 0 Å². The van der Waals surface area contributed by atoms with Crippen molar-refractivity contribution < 1.29 is 0 Å². The summed E-state index contributed by atoms with van der Waals surface area (Å²) in [6, 6.07) is 71.7. The van der Waals surface area contributed by atoms with Gasteiger partial charge in [-0.1, -0.05) is 162 Å². The molecule has 1 fully saturated rings. The first-order valence-corrected chi connectivity index (χ1v) is 22.1. The van der Waals surface area contributed by atoms with Crippen molar-refractivity contribution in [3.63, 3.8) is 0 Å². The lowest BCUT2D eigenvalue weighted by atomic mass is 9.74. The van der Waals surface area contributed by atoms with Gasteiger partial charge in [0, 0.05) is 33.5 Å². The molecule has 1 heterocycles. The molecule has 0 N–H and O–H groups in total. The Morgan fingerprint density at radius 1 is 0.443 bits per heavy atom. The third-order valence-corrected chi connectivity index (χ3v) is 13.8. The zero-order valence-electron chi connectivity index (χ0n) is 36.1. The average Bonchev–Trinajstić information content (AvgIpc) is 4.13. The summed E-state index contributed by atoms with van der Waals surface area (Å²) in [5.74, 6) is 0.767. The summed E-state index contributed by atoms with van der Waals surface area (Å²) in [4.78, 5) is 2.37. The van der Waals surface area contributed by atoms with Crippen LogP contribution in [0.15, 0.2) is 194 Å². The van der Waals surface area contributed by atoms with Gasteiger partial charge >= 0.3 is 0 Å². The fraction of sp³-hybridized carbons (Fsp3) is 0.186. The molecule has 8 aromatic carbocycles. The minimum Gasteiger partial charge on any atom is -0.310 e. The van der Waals surface area contributed by atoms with E-state index in [-0.39, 0.29) is 10.8 Å². The van der Waals surface area contributed by atoms with E-state index in [1.54, 1.807) is 0 Å². The summed E-state index contributed by atoms with van der Waals surface area (Å²) < 4.78 is 2.37. The van der Waals surface area contributed by atoms with Crippen molar-refractivity contribution in [2.24, 2.45) is 5.92 Å². The third kappa shape index (κ3) is 7.25. The summed E-state index contributed by atoms with van der Waals surface area (Å²) in [7, 11) is 0. The second kappa shape index (κ2) is 15.4. The largest absolute Gasteiger partial charge is 0.310 e. The van der Waals surface area contributed by atoms with Gasteiger partial charge in [0.1, 0.15) is 0 Å². The highest BCUT2D eigenvalue weighted by molar-refractivity contribution is 6.09. The maximum atomic E-state index is 2.51. The van der Waals surface area contributed by atoms with Gasteiger partial charge in [-0.2, -0.15) is 0 Å². The van der Waals surface area contributed by atoms with Gasteiger partial charge in [-0.3, -0.25) is 0 Å². The lowest BCUT2D eigenvalue weighted by Crippen LogP contribution is -2.22. The van der Waals surface area contributed by atoms with Crippen LogP contribution in [0.3, 0.4) is 0 Å². The van der Waals surface area contributed by atoms with Crippen LogP contribution in [-0.4, -0.2) is 4.57 Å². The lowest BCUT2D eigenvalue weighted by molar-refractivity contribution is 0.450. The van der Waals surface area contributed by atoms with Gasteiger partial charge in [-0.15, -0.1) is 0 Å². The van der Waals surface area contributed by atoms with Crippen molar-refractivity contribution in [1.29, 1.82) is 0 Å². The molecule has 2 nitrogen and oxygen atoms in total. The molecule has 0 radical (unpaired) electrons. The third-order valence-electron chi connectivity index (χ3n) is 13.8. The Balaban J connectivity index is 0.972. The van der Waals surface area contributed by atoms with Crippen molar-refractivity contribution in [2.75, 3.05) is 4.90 Å². The standard InChI is InChI=1S/C59H54N2/c1-6-58(2,3)48-37-46(38-49(40-48)59(4,5)47-30-31-47)44-17-14-16-43(36-44)45-18-15-21-53(39-45)60(50-19-8-7-9-20-50)51-32-26-41(27-33-51)42-28-34-52(35-29-42)61-56-24-12-10-22-54(56)55-23-11-13-25-57(55)61/h7-29,32-40,47H,6,30-31H2,1-5H3. The van der Waals surface area contributed by atoms with Gasteiger partial charge in [-0.25, -0.2) is 0 Å².